The molecule has 28 heavy (non-hydrogen) atoms. The summed E-state index contributed by atoms with van der Waals surface area (Å²) < 4.78 is 12.8. The summed E-state index contributed by atoms with van der Waals surface area (Å²) in [5.41, 5.74) is 4.34. The highest BCUT2D eigenvalue weighted by Gasteiger charge is 2.16. The van der Waals surface area contributed by atoms with E-state index in [1.807, 2.05) is 35.0 Å². The Hall–Kier alpha value is -2.63. The molecule has 1 aromatic heterocycles. The molecule has 2 heterocycles. The van der Waals surface area contributed by atoms with Gasteiger partial charge in [0.1, 0.15) is 5.75 Å². The normalized spacial score (nSPS) is 16.8. The fraction of sp³-hybridized carbons (Fsp3) is 0.348. The van der Waals surface area contributed by atoms with Crippen LogP contribution in [0.25, 0.3) is 16.9 Å². The molecule has 0 radical (unpaired) electrons. The van der Waals surface area contributed by atoms with Crippen LogP contribution < -0.4 is 10.1 Å². The minimum atomic E-state index is 0.599. The SMILES string of the molecule is COc1ccc(-c2nn(-c3ccccc3)cc2CNCC2CCCOC2)cc1. The Labute approximate surface area is 166 Å². The molecule has 0 bridgehead atoms. The topological polar surface area (TPSA) is 48.3 Å². The van der Waals surface area contributed by atoms with Gasteiger partial charge < -0.3 is 14.8 Å². The molecule has 1 aliphatic rings. The summed E-state index contributed by atoms with van der Waals surface area (Å²) in [6.07, 6.45) is 4.52. The first-order valence-corrected chi connectivity index (χ1v) is 9.90. The molecule has 5 heteroatoms. The maximum atomic E-state index is 5.59. The Morgan fingerprint density at radius 1 is 1.14 bits per heavy atom. The second-order valence-electron chi connectivity index (χ2n) is 7.23. The van der Waals surface area contributed by atoms with Crippen LogP contribution in [0.3, 0.4) is 0 Å². The zero-order valence-electron chi connectivity index (χ0n) is 16.3. The van der Waals surface area contributed by atoms with Gasteiger partial charge in [-0.2, -0.15) is 5.10 Å². The number of aromatic nitrogens is 2. The summed E-state index contributed by atoms with van der Waals surface area (Å²) in [6.45, 7) is 3.52. The molecule has 1 N–H and O–H groups in total. The van der Waals surface area contributed by atoms with Gasteiger partial charge in [-0.25, -0.2) is 4.68 Å². The van der Waals surface area contributed by atoms with Crippen molar-refractivity contribution in [3.8, 4) is 22.7 Å². The molecule has 1 fully saturated rings. The van der Waals surface area contributed by atoms with E-state index >= 15 is 0 Å². The molecule has 1 unspecified atom stereocenters. The lowest BCUT2D eigenvalue weighted by molar-refractivity contribution is 0.0547. The molecule has 1 aliphatic heterocycles. The quantitative estimate of drug-likeness (QED) is 0.674. The Morgan fingerprint density at radius 2 is 1.96 bits per heavy atom. The number of methoxy groups -OCH3 is 1. The summed E-state index contributed by atoms with van der Waals surface area (Å²) in [5.74, 6) is 1.45. The number of nitrogens with zero attached hydrogens (tertiary/aromatic N) is 2. The number of rotatable bonds is 7. The second kappa shape index (κ2) is 9.04. The van der Waals surface area contributed by atoms with E-state index < -0.39 is 0 Å². The van der Waals surface area contributed by atoms with E-state index in [1.165, 1.54) is 12.0 Å². The third-order valence-corrected chi connectivity index (χ3v) is 5.18. The van der Waals surface area contributed by atoms with Crippen molar-refractivity contribution in [3.63, 3.8) is 0 Å². The van der Waals surface area contributed by atoms with Crippen LogP contribution in [-0.4, -0.2) is 36.6 Å². The summed E-state index contributed by atoms with van der Waals surface area (Å²) in [7, 11) is 1.68. The predicted octanol–water partition coefficient (Wildman–Crippen LogP) is 4.06. The molecule has 1 saturated heterocycles. The first kappa shape index (κ1) is 18.7. The van der Waals surface area contributed by atoms with Crippen molar-refractivity contribution in [3.05, 3.63) is 66.4 Å². The minimum absolute atomic E-state index is 0.599. The molecule has 1 atom stereocenters. The molecule has 0 aliphatic carbocycles. The van der Waals surface area contributed by atoms with E-state index in [2.05, 4.69) is 35.8 Å². The summed E-state index contributed by atoms with van der Waals surface area (Å²) in [6, 6.07) is 18.3. The highest BCUT2D eigenvalue weighted by Crippen LogP contribution is 2.26. The van der Waals surface area contributed by atoms with Crippen molar-refractivity contribution in [1.29, 1.82) is 0 Å². The molecule has 5 nitrogen and oxygen atoms in total. The van der Waals surface area contributed by atoms with Gasteiger partial charge in [-0.15, -0.1) is 0 Å². The Kier molecular flexibility index (Phi) is 6.04. The van der Waals surface area contributed by atoms with Crippen LogP contribution in [0, 0.1) is 5.92 Å². The first-order valence-electron chi connectivity index (χ1n) is 9.90. The van der Waals surface area contributed by atoms with Crippen LogP contribution in [0.4, 0.5) is 0 Å². The van der Waals surface area contributed by atoms with Crippen molar-refractivity contribution in [2.75, 3.05) is 26.9 Å². The lowest BCUT2D eigenvalue weighted by Crippen LogP contribution is -2.28. The van der Waals surface area contributed by atoms with E-state index in [0.29, 0.717) is 5.92 Å². The lowest BCUT2D eigenvalue weighted by atomic mass is 10.0. The van der Waals surface area contributed by atoms with Crippen molar-refractivity contribution in [1.82, 2.24) is 15.1 Å². The van der Waals surface area contributed by atoms with Gasteiger partial charge in [0.15, 0.2) is 0 Å². The zero-order chi connectivity index (χ0) is 19.2. The predicted molar refractivity (Wildman–Crippen MR) is 111 cm³/mol. The van der Waals surface area contributed by atoms with E-state index in [1.54, 1.807) is 7.11 Å². The third kappa shape index (κ3) is 4.43. The summed E-state index contributed by atoms with van der Waals surface area (Å²) in [5, 5.41) is 8.49. The number of benzene rings is 2. The Bertz CT molecular complexity index is 869. The average Bonchev–Trinajstić information content (AvgIpc) is 3.19. The van der Waals surface area contributed by atoms with Crippen LogP contribution in [-0.2, 0) is 11.3 Å². The molecule has 0 saturated carbocycles. The van der Waals surface area contributed by atoms with Gasteiger partial charge in [0.2, 0.25) is 0 Å². The summed E-state index contributed by atoms with van der Waals surface area (Å²) in [4.78, 5) is 0. The summed E-state index contributed by atoms with van der Waals surface area (Å²) >= 11 is 0. The first-order chi connectivity index (χ1) is 13.8. The highest BCUT2D eigenvalue weighted by atomic mass is 16.5. The molecular weight excluding hydrogens is 350 g/mol. The zero-order valence-corrected chi connectivity index (χ0v) is 16.3. The van der Waals surface area contributed by atoms with Gasteiger partial charge in [0.25, 0.3) is 0 Å². The van der Waals surface area contributed by atoms with Gasteiger partial charge in [-0.3, -0.25) is 0 Å². The monoisotopic (exact) mass is 377 g/mol. The maximum Gasteiger partial charge on any atom is 0.118 e. The van der Waals surface area contributed by atoms with E-state index in [0.717, 1.165) is 55.4 Å². The molecule has 2 aromatic carbocycles. The van der Waals surface area contributed by atoms with Crippen LogP contribution in [0.15, 0.2) is 60.8 Å². The van der Waals surface area contributed by atoms with Gasteiger partial charge in [-0.1, -0.05) is 18.2 Å². The molecule has 0 spiro atoms. The standard InChI is InChI=1S/C23H27N3O2/c1-27-22-11-9-19(10-12-22)23-20(15-24-14-18-6-5-13-28-17-18)16-26(25-23)21-7-3-2-4-8-21/h2-4,7-12,16,18,24H,5-6,13-15,17H2,1H3. The average molecular weight is 377 g/mol. The number of nitrogens with one attached hydrogen (secondary N) is 1. The molecule has 4 rings (SSSR count). The largest absolute Gasteiger partial charge is 0.497 e. The minimum Gasteiger partial charge on any atom is -0.497 e. The number of hydrogen-bond donors (Lipinski definition) is 1. The van der Waals surface area contributed by atoms with Crippen LogP contribution >= 0.6 is 0 Å². The van der Waals surface area contributed by atoms with Crippen molar-refractivity contribution < 1.29 is 9.47 Å². The van der Waals surface area contributed by atoms with Gasteiger partial charge in [0, 0.05) is 37.0 Å². The van der Waals surface area contributed by atoms with E-state index in [4.69, 9.17) is 14.6 Å². The molecular formula is C23H27N3O2. The van der Waals surface area contributed by atoms with Gasteiger partial charge in [0.05, 0.1) is 25.1 Å². The second-order valence-corrected chi connectivity index (χ2v) is 7.23. The third-order valence-electron chi connectivity index (χ3n) is 5.18. The molecule has 3 aromatic rings. The van der Waals surface area contributed by atoms with E-state index in [-0.39, 0.29) is 0 Å². The highest BCUT2D eigenvalue weighted by molar-refractivity contribution is 5.64. The van der Waals surface area contributed by atoms with Crippen molar-refractivity contribution in [2.24, 2.45) is 5.92 Å². The van der Waals surface area contributed by atoms with Crippen molar-refractivity contribution >= 4 is 0 Å². The van der Waals surface area contributed by atoms with Crippen LogP contribution in [0.1, 0.15) is 18.4 Å². The lowest BCUT2D eigenvalue weighted by Gasteiger charge is -2.22. The molecule has 146 valence electrons. The number of hydrogen-bond acceptors (Lipinski definition) is 4. The van der Waals surface area contributed by atoms with Crippen LogP contribution in [0.5, 0.6) is 5.75 Å². The fourth-order valence-corrected chi connectivity index (χ4v) is 3.62. The van der Waals surface area contributed by atoms with Gasteiger partial charge in [-0.05, 0) is 55.2 Å². The number of ether oxygens (including phenoxy) is 2. The van der Waals surface area contributed by atoms with Gasteiger partial charge >= 0.3 is 0 Å². The Balaban J connectivity index is 1.56. The van der Waals surface area contributed by atoms with Crippen molar-refractivity contribution in [2.45, 2.75) is 19.4 Å². The van der Waals surface area contributed by atoms with E-state index in [9.17, 15) is 0 Å². The number of para-hydroxylation sites is 1. The Morgan fingerprint density at radius 3 is 2.68 bits per heavy atom. The van der Waals surface area contributed by atoms with Crippen LogP contribution in [0.2, 0.25) is 0 Å². The maximum absolute atomic E-state index is 5.59. The smallest absolute Gasteiger partial charge is 0.118 e. The molecule has 0 amide bonds. The fourth-order valence-electron chi connectivity index (χ4n) is 3.62.